The van der Waals surface area contributed by atoms with E-state index in [1.807, 2.05) is 48.8 Å². The first-order valence-electron chi connectivity index (χ1n) is 7.91. The summed E-state index contributed by atoms with van der Waals surface area (Å²) >= 11 is 5.96. The second-order valence-electron chi connectivity index (χ2n) is 5.68. The summed E-state index contributed by atoms with van der Waals surface area (Å²) in [5.74, 6) is 0.733. The van der Waals surface area contributed by atoms with Crippen LogP contribution < -0.4 is 4.59 Å². The Balaban J connectivity index is 1.84. The van der Waals surface area contributed by atoms with Crippen molar-refractivity contribution in [3.8, 4) is 6.07 Å². The summed E-state index contributed by atoms with van der Waals surface area (Å²) in [6, 6.07) is 20.2. The largest absolute Gasteiger partial charge is 0.224 e. The number of rotatable bonds is 6. The van der Waals surface area contributed by atoms with Crippen LogP contribution in [-0.4, -0.2) is 18.7 Å². The van der Waals surface area contributed by atoms with Gasteiger partial charge in [-0.2, -0.15) is 10.3 Å². The van der Waals surface area contributed by atoms with Crippen molar-refractivity contribution in [1.82, 2.24) is 4.59 Å². The van der Waals surface area contributed by atoms with Gasteiger partial charge < -0.3 is 0 Å². The number of hydrogen-bond donors (Lipinski definition) is 0. The summed E-state index contributed by atoms with van der Waals surface area (Å²) in [6.07, 6.45) is 3.74. The highest BCUT2D eigenvalue weighted by atomic mass is 35.5. The molecule has 0 saturated heterocycles. The van der Waals surface area contributed by atoms with E-state index in [1.165, 1.54) is 5.56 Å². The van der Waals surface area contributed by atoms with Crippen molar-refractivity contribution in [1.29, 1.82) is 5.26 Å². The summed E-state index contributed by atoms with van der Waals surface area (Å²) < 4.78 is 0.338. The summed E-state index contributed by atoms with van der Waals surface area (Å²) in [7, 11) is 0. The predicted octanol–water partition coefficient (Wildman–Crippen LogP) is 4.55. The number of hydrogen-bond acceptors (Lipinski definition) is 3. The molecule has 0 aliphatic carbocycles. The van der Waals surface area contributed by atoms with Crippen LogP contribution in [0.4, 0.5) is 5.69 Å². The fraction of sp³-hybridized carbons (Fsp3) is 0.211. The van der Waals surface area contributed by atoms with E-state index in [-0.39, 0.29) is 0 Å². The molecule has 0 spiro atoms. The van der Waals surface area contributed by atoms with Crippen molar-refractivity contribution in [3.63, 3.8) is 0 Å². The molecule has 120 valence electrons. The average Bonchev–Trinajstić information content (AvgIpc) is 3.05. The van der Waals surface area contributed by atoms with Gasteiger partial charge in [-0.15, -0.1) is 4.59 Å². The molecule has 2 aromatic rings. The lowest BCUT2D eigenvalue weighted by Crippen LogP contribution is -2.42. The molecule has 1 aliphatic heterocycles. The van der Waals surface area contributed by atoms with E-state index in [0.717, 1.165) is 29.5 Å². The third-order valence-corrected chi connectivity index (χ3v) is 4.26. The number of aliphatic imine (C=N–C) groups is 1. The van der Waals surface area contributed by atoms with Crippen LogP contribution in [0.15, 0.2) is 64.7 Å². The Kier molecular flexibility index (Phi) is 5.05. The Bertz CT molecular complexity index is 790. The van der Waals surface area contributed by atoms with Gasteiger partial charge in [-0.3, -0.25) is 0 Å². The molecule has 3 rings (SSSR count). The van der Waals surface area contributed by atoms with Gasteiger partial charge in [0, 0.05) is 36.4 Å². The highest BCUT2D eigenvalue weighted by molar-refractivity contribution is 6.30. The Morgan fingerprint density at radius 3 is 2.46 bits per heavy atom. The second-order valence-corrected chi connectivity index (χ2v) is 6.12. The molecule has 1 heterocycles. The molecule has 5 heteroatoms. The van der Waals surface area contributed by atoms with Crippen molar-refractivity contribution in [2.45, 2.75) is 19.3 Å². The lowest BCUT2D eigenvalue weighted by atomic mass is 10.1. The third kappa shape index (κ3) is 3.70. The molecule has 4 nitrogen and oxygen atoms in total. The molecule has 1 atom stereocenters. The van der Waals surface area contributed by atoms with Crippen LogP contribution in [0.1, 0.15) is 18.4 Å². The maximum atomic E-state index is 8.78. The molecular formula is C19H18ClN4+. The van der Waals surface area contributed by atoms with Gasteiger partial charge in [0.05, 0.1) is 6.07 Å². The zero-order chi connectivity index (χ0) is 16.8. The standard InChI is InChI=1S/C19H18ClN4/c20-17-10-8-16(9-11-17)12-14-24(18-5-2-1-3-6-18)15-22-19(23-24)7-4-13-21/h1-3,5-6,8-11,15H,4,7,12,14H2/q+1. The summed E-state index contributed by atoms with van der Waals surface area (Å²) in [4.78, 5) is 4.45. The highest BCUT2D eigenvalue weighted by Gasteiger charge is 2.34. The molecule has 0 fully saturated rings. The van der Waals surface area contributed by atoms with Crippen LogP contribution in [0.25, 0.3) is 0 Å². The monoisotopic (exact) mass is 337 g/mol. The van der Waals surface area contributed by atoms with Gasteiger partial charge >= 0.3 is 0 Å². The van der Waals surface area contributed by atoms with Crippen LogP contribution >= 0.6 is 11.6 Å². The number of amidine groups is 1. The zero-order valence-corrected chi connectivity index (χ0v) is 14.0. The number of nitriles is 1. The summed E-state index contributed by atoms with van der Waals surface area (Å²) in [5.41, 5.74) is 2.28. The first kappa shape index (κ1) is 16.4. The maximum Gasteiger partial charge on any atom is 0.224 e. The molecule has 1 unspecified atom stereocenters. The molecule has 0 amide bonds. The lowest BCUT2D eigenvalue weighted by Gasteiger charge is -2.24. The Morgan fingerprint density at radius 2 is 1.75 bits per heavy atom. The number of quaternary nitrogens is 1. The van der Waals surface area contributed by atoms with Crippen molar-refractivity contribution in [3.05, 3.63) is 65.2 Å². The van der Waals surface area contributed by atoms with Gasteiger partial charge in [-0.05, 0) is 17.7 Å². The molecular weight excluding hydrogens is 320 g/mol. The normalized spacial score (nSPS) is 19.1. The second kappa shape index (κ2) is 7.39. The Hall–Kier alpha value is -2.48. The molecule has 0 bridgehead atoms. The van der Waals surface area contributed by atoms with Gasteiger partial charge in [0.25, 0.3) is 0 Å². The van der Waals surface area contributed by atoms with Gasteiger partial charge in [0.15, 0.2) is 11.5 Å². The van der Waals surface area contributed by atoms with Crippen molar-refractivity contribution in [2.24, 2.45) is 10.1 Å². The van der Waals surface area contributed by atoms with Gasteiger partial charge in [-0.25, -0.2) is 0 Å². The Labute approximate surface area is 146 Å². The van der Waals surface area contributed by atoms with Crippen molar-refractivity contribution >= 4 is 29.5 Å². The number of para-hydroxylation sites is 1. The van der Waals surface area contributed by atoms with Gasteiger partial charge in [0.2, 0.25) is 6.34 Å². The van der Waals surface area contributed by atoms with Crippen LogP contribution in [0.3, 0.4) is 0 Å². The van der Waals surface area contributed by atoms with Crippen LogP contribution in [0.5, 0.6) is 0 Å². The SMILES string of the molecule is N#CCCC1=N[N+](CCc2ccc(Cl)cc2)(c2ccccc2)C=N1. The minimum Gasteiger partial charge on any atom is -0.198 e. The number of halogens is 1. The maximum absolute atomic E-state index is 8.78. The Morgan fingerprint density at radius 1 is 1.00 bits per heavy atom. The number of nitrogens with zero attached hydrogens (tertiary/aromatic N) is 4. The summed E-state index contributed by atoms with van der Waals surface area (Å²) in [6.45, 7) is 0.769. The van der Waals surface area contributed by atoms with E-state index in [1.54, 1.807) is 0 Å². The molecule has 24 heavy (non-hydrogen) atoms. The molecule has 0 radical (unpaired) electrons. The zero-order valence-electron chi connectivity index (χ0n) is 13.3. The third-order valence-electron chi connectivity index (χ3n) is 4.01. The van der Waals surface area contributed by atoms with Crippen molar-refractivity contribution < 1.29 is 0 Å². The smallest absolute Gasteiger partial charge is 0.198 e. The van der Waals surface area contributed by atoms with Gasteiger partial charge in [-0.1, -0.05) is 47.0 Å². The molecule has 0 N–H and O–H groups in total. The minimum absolute atomic E-state index is 0.338. The van der Waals surface area contributed by atoms with E-state index in [4.69, 9.17) is 22.0 Å². The molecule has 2 aromatic carbocycles. The minimum atomic E-state index is 0.338. The number of benzene rings is 2. The summed E-state index contributed by atoms with van der Waals surface area (Å²) in [5, 5.41) is 14.3. The van der Waals surface area contributed by atoms with E-state index in [0.29, 0.717) is 17.4 Å². The average molecular weight is 338 g/mol. The topological polar surface area (TPSA) is 48.5 Å². The quantitative estimate of drug-likeness (QED) is 0.713. The van der Waals surface area contributed by atoms with E-state index in [2.05, 4.69) is 23.2 Å². The highest BCUT2D eigenvalue weighted by Crippen LogP contribution is 2.26. The molecule has 1 aliphatic rings. The molecule has 0 saturated carbocycles. The molecule has 0 aromatic heterocycles. The van der Waals surface area contributed by atoms with Gasteiger partial charge in [0.1, 0.15) is 6.54 Å². The van der Waals surface area contributed by atoms with Crippen LogP contribution in [0, 0.1) is 11.3 Å². The van der Waals surface area contributed by atoms with Crippen LogP contribution in [0.2, 0.25) is 5.02 Å². The predicted molar refractivity (Wildman–Crippen MR) is 99.0 cm³/mol. The first-order chi connectivity index (χ1) is 11.7. The van der Waals surface area contributed by atoms with E-state index < -0.39 is 0 Å². The van der Waals surface area contributed by atoms with Crippen molar-refractivity contribution in [2.75, 3.05) is 6.54 Å². The fourth-order valence-electron chi connectivity index (χ4n) is 2.70. The van der Waals surface area contributed by atoms with Crippen LogP contribution in [-0.2, 0) is 6.42 Å². The fourth-order valence-corrected chi connectivity index (χ4v) is 2.83. The first-order valence-corrected chi connectivity index (χ1v) is 8.29. The lowest BCUT2D eigenvalue weighted by molar-refractivity contribution is 0.456. The van der Waals surface area contributed by atoms with E-state index in [9.17, 15) is 0 Å². The van der Waals surface area contributed by atoms with E-state index >= 15 is 0 Å².